The van der Waals surface area contributed by atoms with Gasteiger partial charge in [-0.15, -0.1) is 0 Å². The third-order valence-corrected chi connectivity index (χ3v) is 7.95. The van der Waals surface area contributed by atoms with Crippen molar-refractivity contribution in [2.75, 3.05) is 6.61 Å². The summed E-state index contributed by atoms with van der Waals surface area (Å²) in [5, 5.41) is 0. The maximum Gasteiger partial charge on any atom is 0.297 e. The van der Waals surface area contributed by atoms with Crippen LogP contribution in [0, 0.1) is 13.8 Å². The maximum absolute atomic E-state index is 12.9. The van der Waals surface area contributed by atoms with E-state index in [-0.39, 0.29) is 9.79 Å². The van der Waals surface area contributed by atoms with Gasteiger partial charge in [0.25, 0.3) is 20.2 Å². The molecule has 2 aromatic carbocycles. The van der Waals surface area contributed by atoms with Crippen molar-refractivity contribution in [1.29, 1.82) is 0 Å². The number of hydrogen-bond donors (Lipinski definition) is 0. The van der Waals surface area contributed by atoms with E-state index in [1.165, 1.54) is 24.3 Å². The largest absolute Gasteiger partial charge is 0.341 e. The highest BCUT2D eigenvalue weighted by molar-refractivity contribution is 7.87. The minimum Gasteiger partial charge on any atom is -0.341 e. The molecular formula is C22H26O9S2. The van der Waals surface area contributed by atoms with Crippen LogP contribution in [-0.4, -0.2) is 53.8 Å². The fraction of sp³-hybridized carbons (Fsp3) is 0.455. The minimum absolute atomic E-state index is 0.0235. The maximum atomic E-state index is 12.9. The molecule has 2 aromatic rings. The van der Waals surface area contributed by atoms with Crippen LogP contribution in [0.4, 0.5) is 0 Å². The Hall–Kier alpha value is -1.86. The van der Waals surface area contributed by atoms with Crippen molar-refractivity contribution in [3.8, 4) is 0 Å². The monoisotopic (exact) mass is 498 g/mol. The fourth-order valence-electron chi connectivity index (χ4n) is 3.63. The van der Waals surface area contributed by atoms with E-state index in [9.17, 15) is 16.8 Å². The Balaban J connectivity index is 1.55. The Morgan fingerprint density at radius 2 is 1.33 bits per heavy atom. The summed E-state index contributed by atoms with van der Waals surface area (Å²) in [4.78, 5) is -0.0636. The summed E-state index contributed by atoms with van der Waals surface area (Å²) in [5.41, 5.74) is 1.78. The molecule has 2 saturated heterocycles. The lowest BCUT2D eigenvalue weighted by atomic mass is 10.1. The third kappa shape index (κ3) is 5.29. The van der Waals surface area contributed by atoms with Gasteiger partial charge in [-0.1, -0.05) is 35.4 Å². The number of aryl methyl sites for hydroxylation is 2. The number of fused-ring (bicyclic) bond motifs is 1. The highest BCUT2D eigenvalue weighted by Crippen LogP contribution is 2.40. The molecule has 4 rings (SSSR count). The average molecular weight is 499 g/mol. The summed E-state index contributed by atoms with van der Waals surface area (Å²) < 4.78 is 78.9. The molecule has 0 aliphatic carbocycles. The van der Waals surface area contributed by atoms with Crippen LogP contribution < -0.4 is 0 Å². The van der Waals surface area contributed by atoms with Crippen LogP contribution in [0.1, 0.15) is 25.0 Å². The smallest absolute Gasteiger partial charge is 0.297 e. The van der Waals surface area contributed by atoms with E-state index in [2.05, 4.69) is 0 Å². The van der Waals surface area contributed by atoms with Gasteiger partial charge in [0.1, 0.15) is 18.3 Å². The molecule has 0 N–H and O–H groups in total. The molecule has 0 aromatic heterocycles. The van der Waals surface area contributed by atoms with Crippen LogP contribution in [0.15, 0.2) is 58.3 Å². The van der Waals surface area contributed by atoms with Gasteiger partial charge in [0.05, 0.1) is 16.4 Å². The summed E-state index contributed by atoms with van der Waals surface area (Å²) >= 11 is 0. The van der Waals surface area contributed by atoms with E-state index in [0.29, 0.717) is 0 Å². The van der Waals surface area contributed by atoms with Crippen LogP contribution in [0.3, 0.4) is 0 Å². The van der Waals surface area contributed by atoms with E-state index in [0.717, 1.165) is 11.1 Å². The van der Waals surface area contributed by atoms with Crippen LogP contribution in [-0.2, 0) is 42.8 Å². The first-order valence-electron chi connectivity index (χ1n) is 10.3. The van der Waals surface area contributed by atoms with E-state index >= 15 is 0 Å². The van der Waals surface area contributed by atoms with Crippen molar-refractivity contribution in [3.63, 3.8) is 0 Å². The number of ether oxygens (including phenoxy) is 3. The molecule has 9 nitrogen and oxygen atoms in total. The fourth-order valence-corrected chi connectivity index (χ4v) is 5.66. The summed E-state index contributed by atoms with van der Waals surface area (Å²) in [7, 11) is -8.30. The van der Waals surface area contributed by atoms with Crippen LogP contribution >= 0.6 is 0 Å². The highest BCUT2D eigenvalue weighted by Gasteiger charge is 2.57. The van der Waals surface area contributed by atoms with E-state index < -0.39 is 57.2 Å². The van der Waals surface area contributed by atoms with Gasteiger partial charge >= 0.3 is 0 Å². The lowest BCUT2D eigenvalue weighted by molar-refractivity contribution is -0.215. The summed E-state index contributed by atoms with van der Waals surface area (Å²) in [6.45, 7) is 6.51. The zero-order chi connectivity index (χ0) is 24.0. The van der Waals surface area contributed by atoms with E-state index in [1.54, 1.807) is 38.1 Å². The Bertz CT molecular complexity index is 1200. The molecule has 0 unspecified atom stereocenters. The zero-order valence-electron chi connectivity index (χ0n) is 18.6. The molecule has 2 fully saturated rings. The Kier molecular flexibility index (Phi) is 6.42. The molecular weight excluding hydrogens is 472 g/mol. The van der Waals surface area contributed by atoms with Crippen LogP contribution in [0.25, 0.3) is 0 Å². The first-order chi connectivity index (χ1) is 15.4. The minimum atomic E-state index is -4.20. The predicted molar refractivity (Wildman–Crippen MR) is 116 cm³/mol. The Labute approximate surface area is 193 Å². The number of benzene rings is 2. The lowest BCUT2D eigenvalue weighted by Crippen LogP contribution is -2.40. The average Bonchev–Trinajstić information content (AvgIpc) is 3.19. The normalized spacial score (nSPS) is 26.9. The van der Waals surface area contributed by atoms with E-state index in [4.69, 9.17) is 22.6 Å². The molecule has 2 aliphatic heterocycles. The second-order valence-corrected chi connectivity index (χ2v) is 11.7. The number of rotatable bonds is 7. The SMILES string of the molecule is Cc1ccc(S(=O)(=O)OC[C@H]2O[C@@H]3OC(C)(C)O[C@@H]3[C@H]2OS(=O)(=O)c2ccc(C)cc2)cc1. The molecule has 0 spiro atoms. The second-order valence-electron chi connectivity index (χ2n) is 8.52. The first kappa shape index (κ1) is 24.3. The van der Waals surface area contributed by atoms with Crippen LogP contribution in [0.5, 0.6) is 0 Å². The molecule has 4 atom stereocenters. The van der Waals surface area contributed by atoms with Crippen molar-refractivity contribution in [3.05, 3.63) is 59.7 Å². The van der Waals surface area contributed by atoms with Gasteiger partial charge < -0.3 is 14.2 Å². The van der Waals surface area contributed by atoms with Crippen LogP contribution in [0.2, 0.25) is 0 Å². The summed E-state index contributed by atoms with van der Waals surface area (Å²) in [5.74, 6) is -1.02. The Morgan fingerprint density at radius 3 is 1.88 bits per heavy atom. The van der Waals surface area contributed by atoms with Gasteiger partial charge in [-0.3, -0.25) is 8.37 Å². The molecule has 0 amide bonds. The van der Waals surface area contributed by atoms with Gasteiger partial charge in [0, 0.05) is 0 Å². The van der Waals surface area contributed by atoms with Gasteiger partial charge in [-0.25, -0.2) is 0 Å². The van der Waals surface area contributed by atoms with Crippen molar-refractivity contribution in [2.24, 2.45) is 0 Å². The van der Waals surface area contributed by atoms with E-state index in [1.807, 2.05) is 13.8 Å². The molecule has 0 bridgehead atoms. The molecule has 180 valence electrons. The Morgan fingerprint density at radius 1 is 0.818 bits per heavy atom. The van der Waals surface area contributed by atoms with Crippen molar-refractivity contribution in [1.82, 2.24) is 0 Å². The highest BCUT2D eigenvalue weighted by atomic mass is 32.2. The topological polar surface area (TPSA) is 114 Å². The first-order valence-corrected chi connectivity index (χ1v) is 13.2. The van der Waals surface area contributed by atoms with Crippen molar-refractivity contribution >= 4 is 20.2 Å². The second kappa shape index (κ2) is 8.73. The third-order valence-electron chi connectivity index (χ3n) is 5.33. The van der Waals surface area contributed by atoms with Crippen molar-refractivity contribution in [2.45, 2.75) is 67.9 Å². The standard InChI is InChI=1S/C22H26O9S2/c1-14-5-9-16(10-6-14)32(23,24)27-13-18-19(20-21(28-18)30-22(3,4)29-20)31-33(25,26)17-11-7-15(2)8-12-17/h5-12,18-21H,13H2,1-4H3/t18-,19+,20-,21-/m1/s1. The molecule has 2 heterocycles. The van der Waals surface area contributed by atoms with Gasteiger partial charge in [-0.2, -0.15) is 16.8 Å². The lowest BCUT2D eigenvalue weighted by Gasteiger charge is -2.25. The predicted octanol–water partition coefficient (Wildman–Crippen LogP) is 2.66. The molecule has 33 heavy (non-hydrogen) atoms. The molecule has 0 saturated carbocycles. The van der Waals surface area contributed by atoms with Gasteiger partial charge in [-0.05, 0) is 52.0 Å². The molecule has 11 heteroatoms. The summed E-state index contributed by atoms with van der Waals surface area (Å²) in [6, 6.07) is 12.3. The number of hydrogen-bond acceptors (Lipinski definition) is 9. The van der Waals surface area contributed by atoms with Crippen molar-refractivity contribution < 1.29 is 39.4 Å². The molecule has 2 aliphatic rings. The molecule has 0 radical (unpaired) electrons. The quantitative estimate of drug-likeness (QED) is 0.531. The van der Waals surface area contributed by atoms with Gasteiger partial charge in [0.2, 0.25) is 0 Å². The van der Waals surface area contributed by atoms with Gasteiger partial charge in [0.15, 0.2) is 12.1 Å². The zero-order valence-corrected chi connectivity index (χ0v) is 20.3. The summed E-state index contributed by atoms with van der Waals surface area (Å²) in [6.07, 6.45) is -4.09.